The standard InChI is InChI=1S/C20H25N5O2/c1-12(2)14-4-6-15(7-5-14)17(21)11-22-19(26)10-16-13(3)24-18-8-9-23-25(18)20(16)27/h4-9,12,17,23H,10-11,21H2,1-3H3,(H,22,26). The predicted octanol–water partition coefficient (Wildman–Crippen LogP) is 1.81. The first-order chi connectivity index (χ1) is 12.9. The molecule has 7 nitrogen and oxygen atoms in total. The lowest BCUT2D eigenvalue weighted by atomic mass is 9.99. The zero-order valence-corrected chi connectivity index (χ0v) is 15.8. The van der Waals surface area contributed by atoms with Crippen LogP contribution in [0.4, 0.5) is 0 Å². The Balaban J connectivity index is 1.63. The molecule has 1 aromatic carbocycles. The van der Waals surface area contributed by atoms with Crippen LogP contribution in [0.3, 0.4) is 0 Å². The summed E-state index contributed by atoms with van der Waals surface area (Å²) < 4.78 is 1.33. The van der Waals surface area contributed by atoms with E-state index in [1.807, 2.05) is 12.1 Å². The van der Waals surface area contributed by atoms with Crippen molar-refractivity contribution >= 4 is 11.6 Å². The first-order valence-electron chi connectivity index (χ1n) is 9.04. The Hall–Kier alpha value is -2.93. The molecule has 0 aliphatic carbocycles. The highest BCUT2D eigenvalue weighted by molar-refractivity contribution is 5.78. The van der Waals surface area contributed by atoms with Gasteiger partial charge >= 0.3 is 0 Å². The van der Waals surface area contributed by atoms with Gasteiger partial charge in [0.25, 0.3) is 5.56 Å². The highest BCUT2D eigenvalue weighted by Crippen LogP contribution is 2.17. The summed E-state index contributed by atoms with van der Waals surface area (Å²) in [7, 11) is 0. The summed E-state index contributed by atoms with van der Waals surface area (Å²) in [6.07, 6.45) is 1.61. The summed E-state index contributed by atoms with van der Waals surface area (Å²) in [5.41, 5.74) is 9.61. The van der Waals surface area contributed by atoms with Gasteiger partial charge in [0, 0.05) is 36.1 Å². The number of H-pyrrole nitrogens is 1. The molecule has 0 saturated heterocycles. The van der Waals surface area contributed by atoms with E-state index in [2.05, 4.69) is 41.4 Å². The molecule has 3 aromatic rings. The zero-order valence-electron chi connectivity index (χ0n) is 15.8. The van der Waals surface area contributed by atoms with Crippen LogP contribution in [-0.4, -0.2) is 27.0 Å². The van der Waals surface area contributed by atoms with Crippen LogP contribution in [0.25, 0.3) is 5.65 Å². The van der Waals surface area contributed by atoms with Crippen LogP contribution in [0, 0.1) is 6.92 Å². The molecule has 1 atom stereocenters. The minimum atomic E-state index is -0.304. The highest BCUT2D eigenvalue weighted by atomic mass is 16.2. The van der Waals surface area contributed by atoms with Crippen LogP contribution >= 0.6 is 0 Å². The lowest BCUT2D eigenvalue weighted by Gasteiger charge is -2.15. The molecule has 27 heavy (non-hydrogen) atoms. The van der Waals surface area contributed by atoms with Crippen LogP contribution in [-0.2, 0) is 11.2 Å². The number of aromatic amines is 1. The molecule has 0 aliphatic heterocycles. The Bertz CT molecular complexity index is 1000. The van der Waals surface area contributed by atoms with E-state index in [0.717, 1.165) is 5.56 Å². The summed E-state index contributed by atoms with van der Waals surface area (Å²) in [6.45, 7) is 6.32. The fourth-order valence-electron chi connectivity index (χ4n) is 3.00. The third-order valence-electron chi connectivity index (χ3n) is 4.73. The Kier molecular flexibility index (Phi) is 5.41. The van der Waals surface area contributed by atoms with Crippen LogP contribution in [0.2, 0.25) is 0 Å². The van der Waals surface area contributed by atoms with Gasteiger partial charge < -0.3 is 11.1 Å². The van der Waals surface area contributed by atoms with Crippen molar-refractivity contribution in [3.8, 4) is 0 Å². The fourth-order valence-corrected chi connectivity index (χ4v) is 3.00. The maximum Gasteiger partial charge on any atom is 0.276 e. The predicted molar refractivity (Wildman–Crippen MR) is 105 cm³/mol. The number of rotatable bonds is 6. The van der Waals surface area contributed by atoms with Gasteiger partial charge in [0.05, 0.1) is 6.42 Å². The maximum atomic E-state index is 12.5. The van der Waals surface area contributed by atoms with E-state index >= 15 is 0 Å². The molecule has 1 unspecified atom stereocenters. The number of aryl methyl sites for hydroxylation is 1. The Morgan fingerprint density at radius 1 is 1.22 bits per heavy atom. The molecule has 1 amide bonds. The quantitative estimate of drug-likeness (QED) is 0.618. The summed E-state index contributed by atoms with van der Waals surface area (Å²) in [4.78, 5) is 29.1. The van der Waals surface area contributed by atoms with Crippen molar-refractivity contribution in [3.63, 3.8) is 0 Å². The van der Waals surface area contributed by atoms with Crippen molar-refractivity contribution in [2.24, 2.45) is 5.73 Å². The molecule has 7 heteroatoms. The fraction of sp³-hybridized carbons (Fsp3) is 0.350. The maximum absolute atomic E-state index is 12.5. The van der Waals surface area contributed by atoms with Crippen molar-refractivity contribution in [2.45, 2.75) is 39.2 Å². The van der Waals surface area contributed by atoms with Gasteiger partial charge in [0.1, 0.15) is 0 Å². The topological polar surface area (TPSA) is 105 Å². The summed E-state index contributed by atoms with van der Waals surface area (Å²) >= 11 is 0. The first kappa shape index (κ1) is 18.8. The molecule has 0 fully saturated rings. The van der Waals surface area contributed by atoms with E-state index in [4.69, 9.17) is 5.73 Å². The molecule has 2 heterocycles. The molecule has 0 bridgehead atoms. The van der Waals surface area contributed by atoms with E-state index < -0.39 is 0 Å². The number of amides is 1. The lowest BCUT2D eigenvalue weighted by molar-refractivity contribution is -0.120. The van der Waals surface area contributed by atoms with Gasteiger partial charge in [-0.25, -0.2) is 9.50 Å². The number of carbonyl (C=O) groups excluding carboxylic acids is 1. The molecule has 0 spiro atoms. The smallest absolute Gasteiger partial charge is 0.276 e. The monoisotopic (exact) mass is 367 g/mol. The number of fused-ring (bicyclic) bond motifs is 1. The molecule has 2 aromatic heterocycles. The van der Waals surface area contributed by atoms with Gasteiger partial charge in [-0.2, -0.15) is 0 Å². The van der Waals surface area contributed by atoms with Crippen molar-refractivity contribution in [1.29, 1.82) is 0 Å². The number of nitrogens with two attached hydrogens (primary N) is 1. The van der Waals surface area contributed by atoms with Gasteiger partial charge in [0.2, 0.25) is 5.91 Å². The summed E-state index contributed by atoms with van der Waals surface area (Å²) in [5, 5.41) is 5.62. The molecule has 0 radical (unpaired) electrons. The minimum absolute atomic E-state index is 0.0291. The highest BCUT2D eigenvalue weighted by Gasteiger charge is 2.15. The third-order valence-corrected chi connectivity index (χ3v) is 4.73. The van der Waals surface area contributed by atoms with Crippen LogP contribution in [0.1, 0.15) is 48.2 Å². The molecule has 3 rings (SSSR count). The van der Waals surface area contributed by atoms with E-state index in [1.54, 1.807) is 19.2 Å². The molecule has 4 N–H and O–H groups in total. The molecule has 0 saturated carbocycles. The van der Waals surface area contributed by atoms with E-state index in [0.29, 0.717) is 29.4 Å². The second-order valence-corrected chi connectivity index (χ2v) is 7.05. The minimum Gasteiger partial charge on any atom is -0.354 e. The zero-order chi connectivity index (χ0) is 19.6. The molecule has 142 valence electrons. The number of benzene rings is 1. The van der Waals surface area contributed by atoms with Crippen molar-refractivity contribution in [1.82, 2.24) is 19.9 Å². The van der Waals surface area contributed by atoms with Crippen molar-refractivity contribution in [3.05, 3.63) is 69.3 Å². The normalized spacial score (nSPS) is 12.5. The Labute approximate surface area is 157 Å². The number of carbonyl (C=O) groups is 1. The Morgan fingerprint density at radius 3 is 2.56 bits per heavy atom. The average Bonchev–Trinajstić information content (AvgIpc) is 3.11. The van der Waals surface area contributed by atoms with E-state index in [9.17, 15) is 9.59 Å². The number of hydrogen-bond donors (Lipinski definition) is 3. The number of nitrogens with one attached hydrogen (secondary N) is 2. The number of aromatic nitrogens is 3. The number of hydrogen-bond acceptors (Lipinski definition) is 4. The third kappa shape index (κ3) is 4.09. The molecule has 0 aliphatic rings. The lowest BCUT2D eigenvalue weighted by Crippen LogP contribution is -2.35. The Morgan fingerprint density at radius 2 is 1.89 bits per heavy atom. The van der Waals surface area contributed by atoms with Gasteiger partial charge in [-0.05, 0) is 24.0 Å². The van der Waals surface area contributed by atoms with Crippen LogP contribution in [0.15, 0.2) is 41.3 Å². The van der Waals surface area contributed by atoms with Gasteiger partial charge in [-0.15, -0.1) is 0 Å². The van der Waals surface area contributed by atoms with Crippen LogP contribution in [0.5, 0.6) is 0 Å². The van der Waals surface area contributed by atoms with E-state index in [1.165, 1.54) is 10.1 Å². The second kappa shape index (κ2) is 7.75. The average molecular weight is 367 g/mol. The van der Waals surface area contributed by atoms with Gasteiger partial charge in [-0.1, -0.05) is 38.1 Å². The largest absolute Gasteiger partial charge is 0.354 e. The first-order valence-corrected chi connectivity index (χ1v) is 9.04. The summed E-state index contributed by atoms with van der Waals surface area (Å²) in [5.74, 6) is 0.209. The van der Waals surface area contributed by atoms with E-state index in [-0.39, 0.29) is 23.9 Å². The SMILES string of the molecule is Cc1nc2cc[nH]n2c(=O)c1CC(=O)NCC(N)c1ccc(C(C)C)cc1. The second-order valence-electron chi connectivity index (χ2n) is 7.05. The molecular formula is C20H25N5O2. The summed E-state index contributed by atoms with van der Waals surface area (Å²) in [6, 6.07) is 9.51. The van der Waals surface area contributed by atoms with Gasteiger partial charge in [-0.3, -0.25) is 14.7 Å². The van der Waals surface area contributed by atoms with Crippen molar-refractivity contribution in [2.75, 3.05) is 6.54 Å². The van der Waals surface area contributed by atoms with Crippen molar-refractivity contribution < 1.29 is 4.79 Å². The molecular weight excluding hydrogens is 342 g/mol. The van der Waals surface area contributed by atoms with Crippen LogP contribution < -0.4 is 16.6 Å². The van der Waals surface area contributed by atoms with Gasteiger partial charge in [0.15, 0.2) is 5.65 Å². The number of nitrogens with zero attached hydrogens (tertiary/aromatic N) is 2.